The highest BCUT2D eigenvalue weighted by molar-refractivity contribution is 6.20. The van der Waals surface area contributed by atoms with Gasteiger partial charge in [0.1, 0.15) is 5.50 Å². The van der Waals surface area contributed by atoms with Crippen molar-refractivity contribution in [2.75, 3.05) is 13.1 Å². The molecule has 0 amide bonds. The minimum absolute atomic E-state index is 0.0729. The number of alkyl halides is 1. The Kier molecular flexibility index (Phi) is 2.87. The maximum absolute atomic E-state index is 6.34. The number of hydrogen-bond donors (Lipinski definition) is 0. The Morgan fingerprint density at radius 2 is 1.69 bits per heavy atom. The number of nitrogens with zero attached hydrogens (tertiary/aromatic N) is 1. The van der Waals surface area contributed by atoms with Gasteiger partial charge < -0.3 is 0 Å². The van der Waals surface area contributed by atoms with Crippen LogP contribution in [-0.4, -0.2) is 18.0 Å². The highest BCUT2D eigenvalue weighted by atomic mass is 35.5. The predicted molar refractivity (Wildman–Crippen MR) is 55.8 cm³/mol. The van der Waals surface area contributed by atoms with E-state index in [-0.39, 0.29) is 5.50 Å². The number of benzene rings is 1. The van der Waals surface area contributed by atoms with Crippen molar-refractivity contribution in [3.63, 3.8) is 0 Å². The molecule has 1 aromatic rings. The lowest BCUT2D eigenvalue weighted by Gasteiger charge is -2.21. The number of hydrogen-bond acceptors (Lipinski definition) is 1. The fourth-order valence-electron chi connectivity index (χ4n) is 1.79. The van der Waals surface area contributed by atoms with Gasteiger partial charge in [0, 0.05) is 0 Å². The van der Waals surface area contributed by atoms with Crippen molar-refractivity contribution in [1.29, 1.82) is 0 Å². The van der Waals surface area contributed by atoms with E-state index < -0.39 is 0 Å². The molecule has 0 aromatic heterocycles. The van der Waals surface area contributed by atoms with Gasteiger partial charge >= 0.3 is 0 Å². The summed E-state index contributed by atoms with van der Waals surface area (Å²) in [4.78, 5) is 2.33. The van der Waals surface area contributed by atoms with E-state index in [0.29, 0.717) is 0 Å². The molecule has 0 N–H and O–H groups in total. The first kappa shape index (κ1) is 9.04. The molecule has 1 unspecified atom stereocenters. The number of halogens is 1. The van der Waals surface area contributed by atoms with E-state index in [1.54, 1.807) is 0 Å². The smallest absolute Gasteiger partial charge is 0.111 e. The molecule has 1 fully saturated rings. The second kappa shape index (κ2) is 4.12. The molecular formula is C11H14ClN. The topological polar surface area (TPSA) is 3.24 Å². The molecule has 70 valence electrons. The second-order valence-corrected chi connectivity index (χ2v) is 3.90. The third-order valence-corrected chi connectivity index (χ3v) is 3.06. The largest absolute Gasteiger partial charge is 0.284 e. The molecule has 0 aliphatic carbocycles. The normalized spacial score (nSPS) is 20.4. The summed E-state index contributed by atoms with van der Waals surface area (Å²) in [6, 6.07) is 10.3. The van der Waals surface area contributed by atoms with Crippen molar-refractivity contribution in [2.24, 2.45) is 0 Å². The zero-order valence-electron chi connectivity index (χ0n) is 7.62. The van der Waals surface area contributed by atoms with E-state index in [1.807, 2.05) is 18.2 Å². The Balaban J connectivity index is 2.08. The Morgan fingerprint density at radius 3 is 2.31 bits per heavy atom. The molecule has 0 saturated carbocycles. The first-order valence-corrected chi connectivity index (χ1v) is 5.24. The monoisotopic (exact) mass is 195 g/mol. The van der Waals surface area contributed by atoms with Gasteiger partial charge in [-0.05, 0) is 31.5 Å². The fourth-order valence-corrected chi connectivity index (χ4v) is 2.13. The first-order valence-electron chi connectivity index (χ1n) is 4.81. The number of likely N-dealkylation sites (tertiary alicyclic amines) is 1. The van der Waals surface area contributed by atoms with E-state index in [1.165, 1.54) is 18.4 Å². The van der Waals surface area contributed by atoms with Crippen LogP contribution in [0.4, 0.5) is 0 Å². The Hall–Kier alpha value is -0.530. The van der Waals surface area contributed by atoms with Crippen molar-refractivity contribution >= 4 is 11.6 Å². The molecule has 1 heterocycles. The van der Waals surface area contributed by atoms with Crippen LogP contribution in [0.2, 0.25) is 0 Å². The van der Waals surface area contributed by atoms with Gasteiger partial charge in [0.05, 0.1) is 0 Å². The molecule has 0 bridgehead atoms. The van der Waals surface area contributed by atoms with Gasteiger partial charge in [-0.15, -0.1) is 11.6 Å². The van der Waals surface area contributed by atoms with Gasteiger partial charge in [0.2, 0.25) is 0 Å². The van der Waals surface area contributed by atoms with E-state index in [9.17, 15) is 0 Å². The Labute approximate surface area is 84.3 Å². The maximum atomic E-state index is 6.34. The lowest BCUT2D eigenvalue weighted by atomic mass is 10.2. The molecule has 1 aromatic carbocycles. The Bertz CT molecular complexity index is 254. The minimum Gasteiger partial charge on any atom is -0.284 e. The lowest BCUT2D eigenvalue weighted by molar-refractivity contribution is 0.316. The summed E-state index contributed by atoms with van der Waals surface area (Å²) in [6.07, 6.45) is 2.58. The van der Waals surface area contributed by atoms with Crippen molar-refractivity contribution in [1.82, 2.24) is 4.90 Å². The second-order valence-electron chi connectivity index (χ2n) is 3.49. The molecule has 1 nitrogen and oxygen atoms in total. The van der Waals surface area contributed by atoms with Crippen LogP contribution in [-0.2, 0) is 0 Å². The Morgan fingerprint density at radius 1 is 1.08 bits per heavy atom. The average molecular weight is 196 g/mol. The van der Waals surface area contributed by atoms with Gasteiger partial charge in [-0.3, -0.25) is 4.90 Å². The summed E-state index contributed by atoms with van der Waals surface area (Å²) >= 11 is 6.34. The van der Waals surface area contributed by atoms with Crippen LogP contribution in [0.25, 0.3) is 0 Å². The molecule has 1 aliphatic heterocycles. The molecule has 2 heteroatoms. The molecule has 1 saturated heterocycles. The van der Waals surface area contributed by atoms with Crippen molar-refractivity contribution in [2.45, 2.75) is 18.3 Å². The molecule has 1 atom stereocenters. The van der Waals surface area contributed by atoms with Gasteiger partial charge in [-0.1, -0.05) is 30.3 Å². The van der Waals surface area contributed by atoms with E-state index in [0.717, 1.165) is 13.1 Å². The summed E-state index contributed by atoms with van der Waals surface area (Å²) in [5.41, 5.74) is 1.29. The SMILES string of the molecule is ClC(c1ccccc1)N1CCCC1. The quantitative estimate of drug-likeness (QED) is 0.518. The summed E-state index contributed by atoms with van der Waals surface area (Å²) in [7, 11) is 0. The average Bonchev–Trinajstić information content (AvgIpc) is 2.71. The summed E-state index contributed by atoms with van der Waals surface area (Å²) in [6.45, 7) is 2.28. The fraction of sp³-hybridized carbons (Fsp3) is 0.455. The van der Waals surface area contributed by atoms with E-state index in [4.69, 9.17) is 11.6 Å². The first-order chi connectivity index (χ1) is 6.38. The van der Waals surface area contributed by atoms with E-state index >= 15 is 0 Å². The highest BCUT2D eigenvalue weighted by Gasteiger charge is 2.20. The van der Waals surface area contributed by atoms with Gasteiger partial charge in [-0.2, -0.15) is 0 Å². The van der Waals surface area contributed by atoms with Crippen LogP contribution in [0.1, 0.15) is 23.9 Å². The molecule has 2 rings (SSSR count). The summed E-state index contributed by atoms with van der Waals surface area (Å²) < 4.78 is 0. The van der Waals surface area contributed by atoms with Gasteiger partial charge in [0.25, 0.3) is 0 Å². The minimum atomic E-state index is 0.0729. The van der Waals surface area contributed by atoms with Crippen LogP contribution >= 0.6 is 11.6 Å². The van der Waals surface area contributed by atoms with Crippen LogP contribution in [0.5, 0.6) is 0 Å². The van der Waals surface area contributed by atoms with Crippen molar-refractivity contribution in [3.8, 4) is 0 Å². The van der Waals surface area contributed by atoms with Crippen molar-refractivity contribution in [3.05, 3.63) is 35.9 Å². The standard InChI is InChI=1S/C11H14ClN/c12-11(13-8-4-5-9-13)10-6-2-1-3-7-10/h1-3,6-7,11H,4-5,8-9H2. The van der Waals surface area contributed by atoms with Crippen molar-refractivity contribution < 1.29 is 0 Å². The predicted octanol–water partition coefficient (Wildman–Crippen LogP) is 3.02. The van der Waals surface area contributed by atoms with Crippen LogP contribution in [0, 0.1) is 0 Å². The lowest BCUT2D eigenvalue weighted by Crippen LogP contribution is -2.21. The third kappa shape index (κ3) is 2.04. The highest BCUT2D eigenvalue weighted by Crippen LogP contribution is 2.27. The summed E-state index contributed by atoms with van der Waals surface area (Å²) in [5, 5.41) is 0. The molecule has 0 spiro atoms. The molecule has 0 radical (unpaired) electrons. The van der Waals surface area contributed by atoms with Gasteiger partial charge in [-0.25, -0.2) is 0 Å². The molecular weight excluding hydrogens is 182 g/mol. The maximum Gasteiger partial charge on any atom is 0.111 e. The number of rotatable bonds is 2. The third-order valence-electron chi connectivity index (χ3n) is 2.54. The zero-order chi connectivity index (χ0) is 9.10. The van der Waals surface area contributed by atoms with Crippen LogP contribution in [0.3, 0.4) is 0 Å². The summed E-state index contributed by atoms with van der Waals surface area (Å²) in [5.74, 6) is 0. The van der Waals surface area contributed by atoms with Crippen LogP contribution in [0.15, 0.2) is 30.3 Å². The molecule has 13 heavy (non-hydrogen) atoms. The van der Waals surface area contributed by atoms with Crippen LogP contribution < -0.4 is 0 Å². The van der Waals surface area contributed by atoms with E-state index in [2.05, 4.69) is 17.0 Å². The molecule has 1 aliphatic rings. The zero-order valence-corrected chi connectivity index (χ0v) is 8.37. The van der Waals surface area contributed by atoms with Gasteiger partial charge in [0.15, 0.2) is 0 Å².